The van der Waals surface area contributed by atoms with Gasteiger partial charge in [0.2, 0.25) is 10.0 Å². The Morgan fingerprint density at radius 1 is 1.42 bits per heavy atom. The fourth-order valence-electron chi connectivity index (χ4n) is 2.06. The molecule has 1 aromatic rings. The van der Waals surface area contributed by atoms with Gasteiger partial charge in [0.05, 0.1) is 5.02 Å². The number of nitrogens with zero attached hydrogens (tertiary/aromatic N) is 2. The normalized spacial score (nSPS) is 14.1. The van der Waals surface area contributed by atoms with Crippen LogP contribution in [0.2, 0.25) is 5.02 Å². The Hall–Kier alpha value is -0.620. The predicted molar refractivity (Wildman–Crippen MR) is 77.9 cm³/mol. The van der Waals surface area contributed by atoms with Crippen molar-refractivity contribution in [2.24, 2.45) is 0 Å². The Balaban J connectivity index is 3.13. The highest BCUT2D eigenvalue weighted by atomic mass is 35.5. The van der Waals surface area contributed by atoms with Crippen molar-refractivity contribution >= 4 is 21.6 Å². The van der Waals surface area contributed by atoms with Crippen molar-refractivity contribution in [2.45, 2.75) is 24.8 Å². The first-order chi connectivity index (χ1) is 8.80. The highest BCUT2D eigenvalue weighted by molar-refractivity contribution is 7.89. The van der Waals surface area contributed by atoms with Crippen LogP contribution in [0.4, 0.5) is 0 Å². The second-order valence-electron chi connectivity index (χ2n) is 4.68. The lowest BCUT2D eigenvalue weighted by molar-refractivity contribution is 0.271. The monoisotopic (exact) mass is 303 g/mol. The molecule has 0 heterocycles. The summed E-state index contributed by atoms with van der Waals surface area (Å²) < 4.78 is 26.7. The molecule has 0 saturated heterocycles. The molecular formula is C13H20ClN2O2S. The summed E-state index contributed by atoms with van der Waals surface area (Å²) in [7, 11) is 0.251. The van der Waals surface area contributed by atoms with Gasteiger partial charge in [-0.3, -0.25) is 0 Å². The zero-order valence-corrected chi connectivity index (χ0v) is 13.3. The van der Waals surface area contributed by atoms with Crippen LogP contribution in [0, 0.1) is 6.07 Å². The first kappa shape index (κ1) is 16.4. The van der Waals surface area contributed by atoms with Crippen LogP contribution in [-0.4, -0.2) is 50.8 Å². The van der Waals surface area contributed by atoms with E-state index in [0.29, 0.717) is 13.1 Å². The first-order valence-electron chi connectivity index (χ1n) is 6.12. The maximum Gasteiger partial charge on any atom is 0.244 e. The van der Waals surface area contributed by atoms with E-state index in [1.54, 1.807) is 12.1 Å². The zero-order valence-electron chi connectivity index (χ0n) is 11.7. The molecule has 0 amide bonds. The Labute approximate surface area is 121 Å². The van der Waals surface area contributed by atoms with Crippen LogP contribution in [0.15, 0.2) is 23.1 Å². The van der Waals surface area contributed by atoms with Crippen molar-refractivity contribution in [3.8, 4) is 0 Å². The molecule has 19 heavy (non-hydrogen) atoms. The van der Waals surface area contributed by atoms with E-state index >= 15 is 0 Å². The number of sulfonamides is 1. The SMILES string of the molecule is CCN(C(C)CN(C)C)S(=O)(=O)c1c[c]ccc1Cl. The number of likely N-dealkylation sites (N-methyl/N-ethyl adjacent to an activating group) is 2. The van der Waals surface area contributed by atoms with Crippen LogP contribution in [0.25, 0.3) is 0 Å². The van der Waals surface area contributed by atoms with Crippen molar-refractivity contribution in [3.63, 3.8) is 0 Å². The van der Waals surface area contributed by atoms with Gasteiger partial charge in [-0.25, -0.2) is 8.42 Å². The zero-order chi connectivity index (χ0) is 14.6. The van der Waals surface area contributed by atoms with Gasteiger partial charge in [-0.15, -0.1) is 0 Å². The quantitative estimate of drug-likeness (QED) is 0.808. The molecule has 0 saturated carbocycles. The Morgan fingerprint density at radius 2 is 2.05 bits per heavy atom. The van der Waals surface area contributed by atoms with Gasteiger partial charge in [0.1, 0.15) is 4.90 Å². The van der Waals surface area contributed by atoms with Crippen molar-refractivity contribution in [1.29, 1.82) is 0 Å². The average molecular weight is 304 g/mol. The van der Waals surface area contributed by atoms with E-state index in [2.05, 4.69) is 6.07 Å². The minimum atomic E-state index is -3.58. The van der Waals surface area contributed by atoms with Gasteiger partial charge in [0, 0.05) is 19.1 Å². The molecule has 107 valence electrons. The summed E-state index contributed by atoms with van der Waals surface area (Å²) in [5, 5.41) is 0.231. The molecule has 0 fully saturated rings. The summed E-state index contributed by atoms with van der Waals surface area (Å²) in [5.41, 5.74) is 0. The number of halogens is 1. The second kappa shape index (κ2) is 6.70. The van der Waals surface area contributed by atoms with Gasteiger partial charge in [0.15, 0.2) is 0 Å². The van der Waals surface area contributed by atoms with Crippen molar-refractivity contribution < 1.29 is 8.42 Å². The molecule has 0 bridgehead atoms. The van der Waals surface area contributed by atoms with Gasteiger partial charge in [-0.05, 0) is 39.2 Å². The van der Waals surface area contributed by atoms with Gasteiger partial charge in [-0.2, -0.15) is 4.31 Å². The summed E-state index contributed by atoms with van der Waals surface area (Å²) in [6.07, 6.45) is 0. The lowest BCUT2D eigenvalue weighted by Gasteiger charge is -2.29. The van der Waals surface area contributed by atoms with Crippen LogP contribution in [-0.2, 0) is 10.0 Å². The molecule has 4 nitrogen and oxygen atoms in total. The molecule has 1 rings (SSSR count). The molecule has 0 aliphatic carbocycles. The predicted octanol–water partition coefficient (Wildman–Crippen LogP) is 2.10. The first-order valence-corrected chi connectivity index (χ1v) is 7.94. The van der Waals surface area contributed by atoms with E-state index < -0.39 is 10.0 Å². The van der Waals surface area contributed by atoms with Crippen LogP contribution in [0.5, 0.6) is 0 Å². The Bertz CT molecular complexity index is 517. The van der Waals surface area contributed by atoms with E-state index in [4.69, 9.17) is 11.6 Å². The summed E-state index contributed by atoms with van der Waals surface area (Å²) in [4.78, 5) is 2.07. The van der Waals surface area contributed by atoms with Gasteiger partial charge >= 0.3 is 0 Å². The molecule has 0 aliphatic rings. The third-order valence-electron chi connectivity index (χ3n) is 2.80. The molecule has 1 unspecified atom stereocenters. The van der Waals surface area contributed by atoms with Crippen molar-refractivity contribution in [3.05, 3.63) is 29.3 Å². The van der Waals surface area contributed by atoms with E-state index in [-0.39, 0.29) is 16.0 Å². The fourth-order valence-corrected chi connectivity index (χ4v) is 4.13. The van der Waals surface area contributed by atoms with E-state index in [1.165, 1.54) is 10.4 Å². The van der Waals surface area contributed by atoms with Crippen molar-refractivity contribution in [1.82, 2.24) is 9.21 Å². The summed E-state index contributed by atoms with van der Waals surface area (Å²) in [6.45, 7) is 4.77. The van der Waals surface area contributed by atoms with Crippen molar-refractivity contribution in [2.75, 3.05) is 27.2 Å². The van der Waals surface area contributed by atoms with Crippen LogP contribution >= 0.6 is 11.6 Å². The molecule has 0 aromatic heterocycles. The van der Waals surface area contributed by atoms with Crippen LogP contribution in [0.1, 0.15) is 13.8 Å². The van der Waals surface area contributed by atoms with E-state index in [9.17, 15) is 8.42 Å². The van der Waals surface area contributed by atoms with Crippen LogP contribution in [0.3, 0.4) is 0 Å². The van der Waals surface area contributed by atoms with Gasteiger partial charge in [-0.1, -0.05) is 24.6 Å². The minimum Gasteiger partial charge on any atom is -0.308 e. The second-order valence-corrected chi connectivity index (χ2v) is 6.94. The molecule has 1 atom stereocenters. The smallest absolute Gasteiger partial charge is 0.244 e. The summed E-state index contributed by atoms with van der Waals surface area (Å²) in [5.74, 6) is 0. The van der Waals surface area contributed by atoms with Crippen LogP contribution < -0.4 is 0 Å². The molecule has 0 spiro atoms. The molecule has 1 radical (unpaired) electrons. The van der Waals surface area contributed by atoms with Gasteiger partial charge < -0.3 is 4.90 Å². The minimum absolute atomic E-state index is 0.115. The molecular weight excluding hydrogens is 284 g/mol. The fraction of sp³-hybridized carbons (Fsp3) is 0.538. The molecule has 0 aliphatic heterocycles. The van der Waals surface area contributed by atoms with Gasteiger partial charge in [0.25, 0.3) is 0 Å². The topological polar surface area (TPSA) is 40.6 Å². The molecule has 6 heteroatoms. The number of hydrogen-bond donors (Lipinski definition) is 0. The van der Waals surface area contributed by atoms with E-state index in [0.717, 1.165) is 0 Å². The average Bonchev–Trinajstić information content (AvgIpc) is 2.28. The number of benzene rings is 1. The lowest BCUT2D eigenvalue weighted by atomic mass is 10.3. The molecule has 1 aromatic carbocycles. The summed E-state index contributed by atoms with van der Waals surface area (Å²) in [6, 6.07) is 7.20. The Morgan fingerprint density at radius 3 is 2.53 bits per heavy atom. The Kier molecular flexibility index (Phi) is 5.80. The summed E-state index contributed by atoms with van der Waals surface area (Å²) >= 11 is 5.98. The third-order valence-corrected chi connectivity index (χ3v) is 5.37. The van der Waals surface area contributed by atoms with E-state index in [1.807, 2.05) is 32.8 Å². The standard InChI is InChI=1S/C13H20ClN2O2S/c1-5-16(11(2)10-15(3)4)19(17,18)13-9-7-6-8-12(13)14/h6,8-9,11H,5,10H2,1-4H3. The highest BCUT2D eigenvalue weighted by Gasteiger charge is 2.29. The largest absolute Gasteiger partial charge is 0.308 e. The maximum atomic E-state index is 12.6. The highest BCUT2D eigenvalue weighted by Crippen LogP contribution is 2.25. The third kappa shape index (κ3) is 3.92. The number of hydrogen-bond acceptors (Lipinski definition) is 3. The maximum absolute atomic E-state index is 12.6. The lowest BCUT2D eigenvalue weighted by Crippen LogP contribution is -2.43. The molecule has 0 N–H and O–H groups in total. The number of rotatable bonds is 6.